The molecule has 0 spiro atoms. The molecule has 4 heteroatoms. The van der Waals surface area contributed by atoms with Crippen LogP contribution in [0.5, 0.6) is 0 Å². The van der Waals surface area contributed by atoms with Crippen molar-refractivity contribution in [1.29, 1.82) is 5.26 Å². The molecule has 1 rings (SSSR count). The van der Waals surface area contributed by atoms with Crippen molar-refractivity contribution in [3.05, 3.63) is 29.8 Å². The van der Waals surface area contributed by atoms with Gasteiger partial charge in [0.1, 0.15) is 6.07 Å². The minimum Gasteiger partial charge on any atom is -0.324 e. The van der Waals surface area contributed by atoms with E-state index in [0.717, 1.165) is 0 Å². The number of benzene rings is 1. The molecule has 0 aliphatic rings. The molecule has 1 unspecified atom stereocenters. The molecule has 0 radical (unpaired) electrons. The lowest BCUT2D eigenvalue weighted by Gasteiger charge is -2.07. The van der Waals surface area contributed by atoms with Gasteiger partial charge in [0.05, 0.1) is 16.1 Å². The van der Waals surface area contributed by atoms with Crippen LogP contribution in [0.3, 0.4) is 0 Å². The average molecular weight is 253 g/mol. The lowest BCUT2D eigenvalue weighted by atomic mass is 10.2. The predicted octanol–water partition coefficient (Wildman–Crippen LogP) is 2.28. The van der Waals surface area contributed by atoms with Crippen molar-refractivity contribution in [2.75, 3.05) is 5.32 Å². The van der Waals surface area contributed by atoms with Gasteiger partial charge in [-0.15, -0.1) is 0 Å². The first kappa shape index (κ1) is 10.7. The number of hydrogen-bond donors (Lipinski definition) is 1. The number of amides is 1. The van der Waals surface area contributed by atoms with Crippen LogP contribution in [-0.2, 0) is 4.79 Å². The summed E-state index contributed by atoms with van der Waals surface area (Å²) in [5.41, 5.74) is 1.01. The second-order valence-electron chi connectivity index (χ2n) is 2.76. The van der Waals surface area contributed by atoms with Crippen LogP contribution in [0.2, 0.25) is 0 Å². The van der Waals surface area contributed by atoms with Gasteiger partial charge < -0.3 is 5.32 Å². The highest BCUT2D eigenvalue weighted by atomic mass is 79.9. The Kier molecular flexibility index (Phi) is 3.66. The standard InChI is InChI=1S/C10H9BrN2O/c1-7(11)10(14)13-9-5-3-2-4-8(9)6-12/h2-5,7H,1H3,(H,13,14). The number of carbonyl (C=O) groups is 1. The van der Waals surface area contributed by atoms with Gasteiger partial charge >= 0.3 is 0 Å². The number of nitriles is 1. The van der Waals surface area contributed by atoms with E-state index in [1.54, 1.807) is 31.2 Å². The Hall–Kier alpha value is -1.34. The van der Waals surface area contributed by atoms with Gasteiger partial charge in [0, 0.05) is 0 Å². The summed E-state index contributed by atoms with van der Waals surface area (Å²) in [6.07, 6.45) is 0. The number of para-hydroxylation sites is 1. The largest absolute Gasteiger partial charge is 0.324 e. The molecule has 0 saturated heterocycles. The van der Waals surface area contributed by atoms with Gasteiger partial charge in [-0.3, -0.25) is 4.79 Å². The van der Waals surface area contributed by atoms with Gasteiger partial charge in [0.15, 0.2) is 0 Å². The normalized spacial score (nSPS) is 11.5. The number of nitrogens with one attached hydrogen (secondary N) is 1. The number of anilines is 1. The number of alkyl halides is 1. The van der Waals surface area contributed by atoms with Crippen molar-refractivity contribution in [2.45, 2.75) is 11.8 Å². The van der Waals surface area contributed by atoms with Crippen LogP contribution in [0.1, 0.15) is 12.5 Å². The number of halogens is 1. The summed E-state index contributed by atoms with van der Waals surface area (Å²) >= 11 is 3.15. The zero-order valence-corrected chi connectivity index (χ0v) is 9.21. The van der Waals surface area contributed by atoms with Crippen LogP contribution >= 0.6 is 15.9 Å². The highest BCUT2D eigenvalue weighted by Crippen LogP contribution is 2.14. The molecular formula is C10H9BrN2O. The van der Waals surface area contributed by atoms with E-state index >= 15 is 0 Å². The molecule has 3 nitrogen and oxygen atoms in total. The summed E-state index contributed by atoms with van der Waals surface area (Å²) in [4.78, 5) is 11.0. The molecule has 1 aromatic carbocycles. The summed E-state index contributed by atoms with van der Waals surface area (Å²) < 4.78 is 0. The summed E-state index contributed by atoms with van der Waals surface area (Å²) in [6, 6.07) is 8.90. The Balaban J connectivity index is 2.87. The first-order chi connectivity index (χ1) is 6.65. The summed E-state index contributed by atoms with van der Waals surface area (Å²) in [5, 5.41) is 11.4. The van der Waals surface area contributed by atoms with Crippen LogP contribution in [0.4, 0.5) is 5.69 Å². The van der Waals surface area contributed by atoms with E-state index in [9.17, 15) is 4.79 Å². The van der Waals surface area contributed by atoms with Gasteiger partial charge in [0.25, 0.3) is 0 Å². The Labute approximate surface area is 90.9 Å². The van der Waals surface area contributed by atoms with Gasteiger partial charge in [-0.25, -0.2) is 0 Å². The quantitative estimate of drug-likeness (QED) is 0.822. The Morgan fingerprint density at radius 3 is 2.79 bits per heavy atom. The Morgan fingerprint density at radius 2 is 2.21 bits per heavy atom. The fraction of sp³-hybridized carbons (Fsp3) is 0.200. The fourth-order valence-electron chi connectivity index (χ4n) is 0.922. The first-order valence-electron chi connectivity index (χ1n) is 4.09. The summed E-state index contributed by atoms with van der Waals surface area (Å²) in [5.74, 6) is -0.160. The van der Waals surface area contributed by atoms with Crippen molar-refractivity contribution < 1.29 is 4.79 Å². The minimum absolute atomic E-state index is 0.160. The maximum Gasteiger partial charge on any atom is 0.237 e. The van der Waals surface area contributed by atoms with Gasteiger partial charge in [-0.1, -0.05) is 28.1 Å². The van der Waals surface area contributed by atoms with E-state index < -0.39 is 0 Å². The summed E-state index contributed by atoms with van der Waals surface area (Å²) in [7, 11) is 0. The molecule has 0 aromatic heterocycles. The topological polar surface area (TPSA) is 52.9 Å². The predicted molar refractivity (Wildman–Crippen MR) is 58.2 cm³/mol. The molecule has 14 heavy (non-hydrogen) atoms. The molecule has 1 N–H and O–H groups in total. The van der Waals surface area contributed by atoms with Crippen molar-refractivity contribution >= 4 is 27.5 Å². The van der Waals surface area contributed by atoms with E-state index in [-0.39, 0.29) is 10.7 Å². The molecule has 0 aliphatic heterocycles. The highest BCUT2D eigenvalue weighted by molar-refractivity contribution is 9.10. The first-order valence-corrected chi connectivity index (χ1v) is 5.01. The van der Waals surface area contributed by atoms with Crippen LogP contribution in [-0.4, -0.2) is 10.7 Å². The molecule has 1 atom stereocenters. The molecule has 0 fully saturated rings. The number of carbonyl (C=O) groups excluding carboxylic acids is 1. The van der Waals surface area contributed by atoms with Crippen molar-refractivity contribution in [1.82, 2.24) is 0 Å². The third-order valence-electron chi connectivity index (χ3n) is 1.67. The zero-order chi connectivity index (χ0) is 10.6. The van der Waals surface area contributed by atoms with Gasteiger partial charge in [-0.05, 0) is 19.1 Å². The smallest absolute Gasteiger partial charge is 0.237 e. The molecular weight excluding hydrogens is 244 g/mol. The third-order valence-corrected chi connectivity index (χ3v) is 2.08. The lowest BCUT2D eigenvalue weighted by Crippen LogP contribution is -2.20. The number of hydrogen-bond acceptors (Lipinski definition) is 2. The highest BCUT2D eigenvalue weighted by Gasteiger charge is 2.10. The maximum atomic E-state index is 11.3. The minimum atomic E-state index is -0.269. The number of nitrogens with zero attached hydrogens (tertiary/aromatic N) is 1. The van der Waals surface area contributed by atoms with Crippen molar-refractivity contribution in [2.24, 2.45) is 0 Å². The molecule has 0 saturated carbocycles. The molecule has 0 aliphatic carbocycles. The summed E-state index contributed by atoms with van der Waals surface area (Å²) in [6.45, 7) is 1.73. The van der Waals surface area contributed by atoms with E-state index in [2.05, 4.69) is 21.2 Å². The third kappa shape index (κ3) is 2.57. The van der Waals surface area contributed by atoms with Crippen molar-refractivity contribution in [3.8, 4) is 6.07 Å². The van der Waals surface area contributed by atoms with E-state index in [4.69, 9.17) is 5.26 Å². The van der Waals surface area contributed by atoms with E-state index in [1.165, 1.54) is 0 Å². The van der Waals surface area contributed by atoms with E-state index in [0.29, 0.717) is 11.3 Å². The van der Waals surface area contributed by atoms with Crippen LogP contribution in [0.15, 0.2) is 24.3 Å². The van der Waals surface area contributed by atoms with Crippen molar-refractivity contribution in [3.63, 3.8) is 0 Å². The number of rotatable bonds is 2. The van der Waals surface area contributed by atoms with Crippen LogP contribution in [0.25, 0.3) is 0 Å². The van der Waals surface area contributed by atoms with E-state index in [1.807, 2.05) is 6.07 Å². The van der Waals surface area contributed by atoms with Gasteiger partial charge in [0.2, 0.25) is 5.91 Å². The van der Waals surface area contributed by atoms with Gasteiger partial charge in [-0.2, -0.15) is 5.26 Å². The average Bonchev–Trinajstić information content (AvgIpc) is 2.18. The molecule has 1 aromatic rings. The Morgan fingerprint density at radius 1 is 1.57 bits per heavy atom. The maximum absolute atomic E-state index is 11.3. The Bertz CT molecular complexity index is 382. The molecule has 0 bridgehead atoms. The zero-order valence-electron chi connectivity index (χ0n) is 7.62. The fourth-order valence-corrected chi connectivity index (χ4v) is 1.04. The molecule has 1 amide bonds. The lowest BCUT2D eigenvalue weighted by molar-refractivity contribution is -0.115. The second kappa shape index (κ2) is 4.77. The monoisotopic (exact) mass is 252 g/mol. The SMILES string of the molecule is CC(Br)C(=O)Nc1ccccc1C#N. The van der Waals surface area contributed by atoms with Crippen LogP contribution in [0, 0.1) is 11.3 Å². The second-order valence-corrected chi connectivity index (χ2v) is 4.14. The molecule has 72 valence electrons. The van der Waals surface area contributed by atoms with Crippen LogP contribution < -0.4 is 5.32 Å². The molecule has 0 heterocycles.